The van der Waals surface area contributed by atoms with Gasteiger partial charge in [0.15, 0.2) is 5.16 Å². The summed E-state index contributed by atoms with van der Waals surface area (Å²) in [5, 5.41) is 0.635. The van der Waals surface area contributed by atoms with Crippen LogP contribution >= 0.6 is 27.7 Å². The summed E-state index contributed by atoms with van der Waals surface area (Å²) in [6, 6.07) is 7.27. The van der Waals surface area contributed by atoms with E-state index in [4.69, 9.17) is 5.73 Å². The third-order valence-electron chi connectivity index (χ3n) is 2.79. The zero-order valence-corrected chi connectivity index (χ0v) is 13.6. The molecular weight excluding hydrogens is 338 g/mol. The average molecular weight is 354 g/mol. The number of hydrogen-bond acceptors (Lipinski definition) is 4. The largest absolute Gasteiger partial charge is 0.398 e. The molecule has 0 fully saturated rings. The molecule has 0 saturated heterocycles. The molecule has 0 saturated carbocycles. The van der Waals surface area contributed by atoms with Crippen molar-refractivity contribution in [1.82, 2.24) is 9.97 Å². The first-order chi connectivity index (χ1) is 9.60. The summed E-state index contributed by atoms with van der Waals surface area (Å²) in [4.78, 5) is 18.8. The van der Waals surface area contributed by atoms with Crippen LogP contribution in [0.3, 0.4) is 0 Å². The van der Waals surface area contributed by atoms with Gasteiger partial charge in [0.05, 0.1) is 0 Å². The first kappa shape index (κ1) is 15.1. The van der Waals surface area contributed by atoms with Crippen LogP contribution in [0.25, 0.3) is 0 Å². The number of rotatable bonds is 5. The van der Waals surface area contributed by atoms with Crippen molar-refractivity contribution in [3.63, 3.8) is 0 Å². The zero-order valence-electron chi connectivity index (χ0n) is 11.1. The number of aromatic amines is 1. The van der Waals surface area contributed by atoms with Gasteiger partial charge in [0.1, 0.15) is 0 Å². The van der Waals surface area contributed by atoms with Crippen molar-refractivity contribution in [2.24, 2.45) is 0 Å². The molecule has 0 aliphatic heterocycles. The second-order valence-electron chi connectivity index (χ2n) is 4.39. The van der Waals surface area contributed by atoms with Crippen LogP contribution in [0, 0.1) is 0 Å². The number of halogens is 1. The summed E-state index contributed by atoms with van der Waals surface area (Å²) >= 11 is 4.97. The van der Waals surface area contributed by atoms with E-state index >= 15 is 0 Å². The van der Waals surface area contributed by atoms with Gasteiger partial charge >= 0.3 is 0 Å². The number of nitrogens with two attached hydrogens (primary N) is 1. The quantitative estimate of drug-likeness (QED) is 0.491. The van der Waals surface area contributed by atoms with E-state index in [1.54, 1.807) is 6.07 Å². The van der Waals surface area contributed by atoms with Crippen molar-refractivity contribution in [3.8, 4) is 0 Å². The number of anilines is 1. The highest BCUT2D eigenvalue weighted by atomic mass is 79.9. The van der Waals surface area contributed by atoms with E-state index in [9.17, 15) is 4.79 Å². The standard InChI is InChI=1S/C14H16BrN3OS/c1-2-4-9-7-13(19)18-14(17-9)20-8-10-11(15)5-3-6-12(10)16/h3,5-7H,2,4,8,16H2,1H3,(H,17,18,19). The van der Waals surface area contributed by atoms with Gasteiger partial charge in [-0.1, -0.05) is 47.1 Å². The minimum absolute atomic E-state index is 0.106. The first-order valence-electron chi connectivity index (χ1n) is 6.36. The summed E-state index contributed by atoms with van der Waals surface area (Å²) in [5.74, 6) is 0.659. The number of nitrogen functional groups attached to an aromatic ring is 1. The minimum atomic E-state index is -0.106. The van der Waals surface area contributed by atoms with E-state index in [2.05, 4.69) is 32.8 Å². The summed E-state index contributed by atoms with van der Waals surface area (Å²) in [5.41, 5.74) is 8.43. The van der Waals surface area contributed by atoms with Gasteiger partial charge in [-0.25, -0.2) is 4.98 Å². The Morgan fingerprint density at radius 1 is 1.45 bits per heavy atom. The van der Waals surface area contributed by atoms with Gasteiger partial charge in [0.2, 0.25) is 0 Å². The lowest BCUT2D eigenvalue weighted by Crippen LogP contribution is -2.10. The predicted octanol–water partition coefficient (Wildman–Crippen LogP) is 3.36. The molecule has 3 N–H and O–H groups in total. The lowest BCUT2D eigenvalue weighted by molar-refractivity contribution is 0.816. The molecule has 0 atom stereocenters. The smallest absolute Gasteiger partial charge is 0.251 e. The van der Waals surface area contributed by atoms with Crippen molar-refractivity contribution in [2.75, 3.05) is 5.73 Å². The molecule has 2 rings (SSSR count). The molecule has 1 aromatic carbocycles. The second kappa shape index (κ2) is 6.95. The van der Waals surface area contributed by atoms with Gasteiger partial charge in [0, 0.05) is 27.7 Å². The minimum Gasteiger partial charge on any atom is -0.398 e. The average Bonchev–Trinajstić information content (AvgIpc) is 2.38. The Hall–Kier alpha value is -1.27. The van der Waals surface area contributed by atoms with Gasteiger partial charge in [-0.05, 0) is 24.1 Å². The van der Waals surface area contributed by atoms with E-state index in [-0.39, 0.29) is 5.56 Å². The third kappa shape index (κ3) is 3.86. The fourth-order valence-corrected chi connectivity index (χ4v) is 3.47. The van der Waals surface area contributed by atoms with Gasteiger partial charge in [0.25, 0.3) is 5.56 Å². The topological polar surface area (TPSA) is 71.8 Å². The summed E-state index contributed by atoms with van der Waals surface area (Å²) < 4.78 is 0.969. The maximum Gasteiger partial charge on any atom is 0.251 e. The van der Waals surface area contributed by atoms with Crippen molar-refractivity contribution >= 4 is 33.4 Å². The monoisotopic (exact) mass is 353 g/mol. The Bertz CT molecular complexity index is 637. The molecule has 20 heavy (non-hydrogen) atoms. The number of benzene rings is 1. The van der Waals surface area contributed by atoms with E-state index in [0.717, 1.165) is 34.3 Å². The fourth-order valence-electron chi connectivity index (χ4n) is 1.80. The highest BCUT2D eigenvalue weighted by molar-refractivity contribution is 9.10. The van der Waals surface area contributed by atoms with Crippen LogP contribution in [-0.4, -0.2) is 9.97 Å². The molecule has 1 aromatic heterocycles. The second-order valence-corrected chi connectivity index (χ2v) is 6.21. The summed E-state index contributed by atoms with van der Waals surface area (Å²) in [6.07, 6.45) is 1.78. The highest BCUT2D eigenvalue weighted by Gasteiger charge is 2.07. The number of aryl methyl sites for hydroxylation is 1. The SMILES string of the molecule is CCCc1cc(=O)[nH]c(SCc2c(N)cccc2Br)n1. The van der Waals surface area contributed by atoms with E-state index < -0.39 is 0 Å². The van der Waals surface area contributed by atoms with Crippen LogP contribution in [0.15, 0.2) is 38.7 Å². The van der Waals surface area contributed by atoms with Crippen molar-refractivity contribution < 1.29 is 0 Å². The number of H-pyrrole nitrogens is 1. The molecule has 106 valence electrons. The molecule has 0 spiro atoms. The molecular formula is C14H16BrN3OS. The van der Waals surface area contributed by atoms with E-state index in [1.807, 2.05) is 18.2 Å². The van der Waals surface area contributed by atoms with Crippen LogP contribution < -0.4 is 11.3 Å². The third-order valence-corrected chi connectivity index (χ3v) is 4.43. The molecule has 0 bridgehead atoms. The molecule has 0 radical (unpaired) electrons. The number of thioether (sulfide) groups is 1. The van der Waals surface area contributed by atoms with Gasteiger partial charge in [-0.2, -0.15) is 0 Å². The van der Waals surface area contributed by atoms with Crippen LogP contribution in [0.2, 0.25) is 0 Å². The molecule has 1 heterocycles. The molecule has 0 amide bonds. The van der Waals surface area contributed by atoms with Crippen LogP contribution in [0.4, 0.5) is 5.69 Å². The Labute approximate surface area is 130 Å². The van der Waals surface area contributed by atoms with Crippen molar-refractivity contribution in [1.29, 1.82) is 0 Å². The van der Waals surface area contributed by atoms with Gasteiger partial charge in [-0.3, -0.25) is 4.79 Å². The molecule has 4 nitrogen and oxygen atoms in total. The maximum atomic E-state index is 11.6. The summed E-state index contributed by atoms with van der Waals surface area (Å²) in [6.45, 7) is 2.07. The molecule has 2 aromatic rings. The van der Waals surface area contributed by atoms with E-state index in [0.29, 0.717) is 10.9 Å². The van der Waals surface area contributed by atoms with Crippen molar-refractivity contribution in [3.05, 3.63) is 50.3 Å². The lowest BCUT2D eigenvalue weighted by atomic mass is 10.2. The maximum absolute atomic E-state index is 11.6. The van der Waals surface area contributed by atoms with Crippen LogP contribution in [0.5, 0.6) is 0 Å². The van der Waals surface area contributed by atoms with Crippen LogP contribution in [-0.2, 0) is 12.2 Å². The normalized spacial score (nSPS) is 10.7. The number of aromatic nitrogens is 2. The van der Waals surface area contributed by atoms with Crippen molar-refractivity contribution in [2.45, 2.75) is 30.7 Å². The Kier molecular flexibility index (Phi) is 5.25. The Balaban J connectivity index is 2.16. The van der Waals surface area contributed by atoms with Gasteiger partial charge < -0.3 is 10.7 Å². The number of hydrogen-bond donors (Lipinski definition) is 2. The molecule has 0 aliphatic rings. The molecule has 0 aliphatic carbocycles. The fraction of sp³-hybridized carbons (Fsp3) is 0.286. The van der Waals surface area contributed by atoms with Crippen LogP contribution in [0.1, 0.15) is 24.6 Å². The Morgan fingerprint density at radius 2 is 2.25 bits per heavy atom. The number of nitrogens with one attached hydrogen (secondary N) is 1. The highest BCUT2D eigenvalue weighted by Crippen LogP contribution is 2.28. The molecule has 0 unspecified atom stereocenters. The predicted molar refractivity (Wildman–Crippen MR) is 87.0 cm³/mol. The lowest BCUT2D eigenvalue weighted by Gasteiger charge is -2.08. The van der Waals surface area contributed by atoms with E-state index in [1.165, 1.54) is 11.8 Å². The summed E-state index contributed by atoms with van der Waals surface area (Å²) in [7, 11) is 0. The van der Waals surface area contributed by atoms with Gasteiger partial charge in [-0.15, -0.1) is 0 Å². The Morgan fingerprint density at radius 3 is 2.95 bits per heavy atom. The number of nitrogens with zero attached hydrogens (tertiary/aromatic N) is 1. The first-order valence-corrected chi connectivity index (χ1v) is 8.14. The molecule has 6 heteroatoms. The zero-order chi connectivity index (χ0) is 14.5.